The van der Waals surface area contributed by atoms with Gasteiger partial charge in [-0.2, -0.15) is 5.10 Å². The quantitative estimate of drug-likeness (QED) is 0.563. The Kier molecular flexibility index (Phi) is 9.79. The Morgan fingerprint density at radius 1 is 1.00 bits per heavy atom. The SMILES string of the molecule is COc1ccc(-c2cc(CN3CCNCC3)c(=O)n(Cc3ccc(F)cc3)n2)cc1F.Cl.Cl. The molecular formula is C23H26Cl2F2N4O2. The first kappa shape index (κ1) is 26.7. The fourth-order valence-electron chi connectivity index (χ4n) is 3.66. The van der Waals surface area contributed by atoms with E-state index < -0.39 is 5.82 Å². The molecule has 0 saturated carbocycles. The number of aromatic nitrogens is 2. The summed E-state index contributed by atoms with van der Waals surface area (Å²) >= 11 is 0. The minimum Gasteiger partial charge on any atom is -0.494 e. The summed E-state index contributed by atoms with van der Waals surface area (Å²) in [7, 11) is 1.41. The predicted molar refractivity (Wildman–Crippen MR) is 129 cm³/mol. The number of nitrogens with zero attached hydrogens (tertiary/aromatic N) is 3. The Balaban J connectivity index is 0.00000193. The van der Waals surface area contributed by atoms with Gasteiger partial charge >= 0.3 is 0 Å². The van der Waals surface area contributed by atoms with E-state index in [0.717, 1.165) is 31.7 Å². The van der Waals surface area contributed by atoms with Gasteiger partial charge in [-0.05, 0) is 42.0 Å². The van der Waals surface area contributed by atoms with E-state index in [9.17, 15) is 13.6 Å². The van der Waals surface area contributed by atoms with Gasteiger partial charge in [0.2, 0.25) is 0 Å². The van der Waals surface area contributed by atoms with Gasteiger partial charge in [0.05, 0.1) is 19.3 Å². The van der Waals surface area contributed by atoms with Crippen molar-refractivity contribution in [3.63, 3.8) is 0 Å². The van der Waals surface area contributed by atoms with Crippen LogP contribution in [-0.4, -0.2) is 48.0 Å². The lowest BCUT2D eigenvalue weighted by atomic mass is 10.1. The zero-order valence-electron chi connectivity index (χ0n) is 18.1. The predicted octanol–water partition coefficient (Wildman–Crippen LogP) is 3.49. The van der Waals surface area contributed by atoms with E-state index in [0.29, 0.717) is 23.4 Å². The Morgan fingerprint density at radius 3 is 2.33 bits per heavy atom. The van der Waals surface area contributed by atoms with E-state index in [1.807, 2.05) is 0 Å². The third-order valence-electron chi connectivity index (χ3n) is 5.35. The molecule has 0 aliphatic carbocycles. The number of methoxy groups -OCH3 is 1. The molecule has 1 N–H and O–H groups in total. The maximum absolute atomic E-state index is 14.3. The van der Waals surface area contributed by atoms with Gasteiger partial charge in [-0.3, -0.25) is 9.69 Å². The fourth-order valence-corrected chi connectivity index (χ4v) is 3.66. The molecule has 4 rings (SSSR count). The van der Waals surface area contributed by atoms with Crippen LogP contribution in [0.4, 0.5) is 8.78 Å². The molecule has 0 spiro atoms. The molecule has 0 amide bonds. The maximum Gasteiger partial charge on any atom is 0.271 e. The lowest BCUT2D eigenvalue weighted by Crippen LogP contribution is -2.44. The van der Waals surface area contributed by atoms with Crippen molar-refractivity contribution in [2.24, 2.45) is 0 Å². The van der Waals surface area contributed by atoms with Crippen molar-refractivity contribution in [3.8, 4) is 17.0 Å². The standard InChI is InChI=1S/C23H24F2N4O2.2ClH/c1-31-22-7-4-17(12-20(22)25)21-13-18(15-28-10-8-26-9-11-28)23(30)29(27-21)14-16-2-5-19(24)6-3-16;;/h2-7,12-13,26H,8-11,14-15H2,1H3;2*1H. The topological polar surface area (TPSA) is 59.4 Å². The van der Waals surface area contributed by atoms with Crippen molar-refractivity contribution in [2.45, 2.75) is 13.1 Å². The van der Waals surface area contributed by atoms with E-state index >= 15 is 0 Å². The summed E-state index contributed by atoms with van der Waals surface area (Å²) in [5.41, 5.74) is 2.18. The summed E-state index contributed by atoms with van der Waals surface area (Å²) < 4.78 is 33.9. The van der Waals surface area contributed by atoms with Crippen molar-refractivity contribution in [1.82, 2.24) is 20.0 Å². The molecule has 0 atom stereocenters. The molecule has 6 nitrogen and oxygen atoms in total. The fraction of sp³-hybridized carbons (Fsp3) is 0.304. The second kappa shape index (κ2) is 12.1. The van der Waals surface area contributed by atoms with Crippen LogP contribution in [0.3, 0.4) is 0 Å². The molecule has 2 heterocycles. The highest BCUT2D eigenvalue weighted by molar-refractivity contribution is 5.85. The van der Waals surface area contributed by atoms with E-state index in [-0.39, 0.29) is 48.5 Å². The lowest BCUT2D eigenvalue weighted by Gasteiger charge is -2.27. The van der Waals surface area contributed by atoms with Gasteiger partial charge in [0.25, 0.3) is 5.56 Å². The Hall–Kier alpha value is -2.52. The molecule has 1 aliphatic heterocycles. The zero-order valence-corrected chi connectivity index (χ0v) is 19.7. The van der Waals surface area contributed by atoms with Crippen molar-refractivity contribution in [3.05, 3.63) is 81.6 Å². The molecule has 0 unspecified atom stereocenters. The van der Waals surface area contributed by atoms with E-state index in [1.54, 1.807) is 24.3 Å². The van der Waals surface area contributed by atoms with E-state index in [2.05, 4.69) is 15.3 Å². The van der Waals surface area contributed by atoms with Gasteiger partial charge in [-0.1, -0.05) is 12.1 Å². The summed E-state index contributed by atoms with van der Waals surface area (Å²) in [5.74, 6) is -0.697. The number of benzene rings is 2. The molecule has 0 bridgehead atoms. The highest BCUT2D eigenvalue weighted by Gasteiger charge is 2.17. The second-order valence-electron chi connectivity index (χ2n) is 7.52. The number of rotatable bonds is 6. The van der Waals surface area contributed by atoms with Gasteiger partial charge in [-0.25, -0.2) is 13.5 Å². The van der Waals surface area contributed by atoms with Crippen LogP contribution in [0.15, 0.2) is 53.3 Å². The monoisotopic (exact) mass is 498 g/mol. The van der Waals surface area contributed by atoms with Crippen molar-refractivity contribution in [2.75, 3.05) is 33.3 Å². The highest BCUT2D eigenvalue weighted by atomic mass is 35.5. The lowest BCUT2D eigenvalue weighted by molar-refractivity contribution is 0.231. The van der Waals surface area contributed by atoms with Crippen LogP contribution in [0.1, 0.15) is 11.1 Å². The third-order valence-corrected chi connectivity index (χ3v) is 5.35. The van der Waals surface area contributed by atoms with Crippen LogP contribution in [0.2, 0.25) is 0 Å². The van der Waals surface area contributed by atoms with Gasteiger partial charge in [-0.15, -0.1) is 24.8 Å². The van der Waals surface area contributed by atoms with Crippen LogP contribution < -0.4 is 15.6 Å². The second-order valence-corrected chi connectivity index (χ2v) is 7.52. The number of hydrogen-bond donors (Lipinski definition) is 1. The highest BCUT2D eigenvalue weighted by Crippen LogP contribution is 2.24. The maximum atomic E-state index is 14.3. The van der Waals surface area contributed by atoms with Crippen molar-refractivity contribution in [1.29, 1.82) is 0 Å². The Morgan fingerprint density at radius 2 is 1.70 bits per heavy atom. The molecule has 0 radical (unpaired) electrons. The van der Waals surface area contributed by atoms with Crippen molar-refractivity contribution >= 4 is 24.8 Å². The Bertz CT molecular complexity index is 1120. The summed E-state index contributed by atoms with van der Waals surface area (Å²) in [4.78, 5) is 15.4. The average Bonchev–Trinajstić information content (AvgIpc) is 2.78. The summed E-state index contributed by atoms with van der Waals surface area (Å²) in [6.45, 7) is 4.09. The van der Waals surface area contributed by atoms with Gasteiger partial charge in [0, 0.05) is 43.9 Å². The Labute approximate surface area is 203 Å². The van der Waals surface area contributed by atoms with Gasteiger partial charge < -0.3 is 10.1 Å². The molecule has 2 aromatic carbocycles. The number of ether oxygens (including phenoxy) is 1. The summed E-state index contributed by atoms with van der Waals surface area (Å²) in [5, 5.41) is 7.78. The van der Waals surface area contributed by atoms with Gasteiger partial charge in [0.1, 0.15) is 5.82 Å². The zero-order chi connectivity index (χ0) is 21.8. The average molecular weight is 499 g/mol. The first-order valence-corrected chi connectivity index (χ1v) is 10.2. The van der Waals surface area contributed by atoms with E-state index in [1.165, 1.54) is 36.1 Å². The molecule has 1 saturated heterocycles. The van der Waals surface area contributed by atoms with Crippen LogP contribution in [0, 0.1) is 11.6 Å². The number of halogens is 4. The normalized spacial score (nSPS) is 13.7. The first-order chi connectivity index (χ1) is 15.0. The number of hydrogen-bond acceptors (Lipinski definition) is 5. The smallest absolute Gasteiger partial charge is 0.271 e. The molecule has 1 fully saturated rings. The molecule has 1 aliphatic rings. The minimum atomic E-state index is -0.498. The number of nitrogens with one attached hydrogen (secondary N) is 1. The largest absolute Gasteiger partial charge is 0.494 e. The summed E-state index contributed by atoms with van der Waals surface area (Å²) in [6, 6.07) is 12.3. The van der Waals surface area contributed by atoms with Crippen molar-refractivity contribution < 1.29 is 13.5 Å². The minimum absolute atomic E-state index is 0. The number of piperazine rings is 1. The van der Waals surface area contributed by atoms with E-state index in [4.69, 9.17) is 4.74 Å². The van der Waals surface area contributed by atoms with Crippen LogP contribution in [-0.2, 0) is 13.1 Å². The molecule has 3 aromatic rings. The van der Waals surface area contributed by atoms with Crippen LogP contribution >= 0.6 is 24.8 Å². The molecule has 33 heavy (non-hydrogen) atoms. The first-order valence-electron chi connectivity index (χ1n) is 10.2. The van der Waals surface area contributed by atoms with Gasteiger partial charge in [0.15, 0.2) is 11.6 Å². The molecular weight excluding hydrogens is 473 g/mol. The molecule has 1 aromatic heterocycles. The van der Waals surface area contributed by atoms with Crippen LogP contribution in [0.5, 0.6) is 5.75 Å². The summed E-state index contributed by atoms with van der Waals surface area (Å²) in [6.07, 6.45) is 0. The molecule has 10 heteroatoms. The molecule has 178 valence electrons. The third kappa shape index (κ3) is 6.51. The van der Waals surface area contributed by atoms with Crippen LogP contribution in [0.25, 0.3) is 11.3 Å².